The van der Waals surface area contributed by atoms with Gasteiger partial charge in [0.05, 0.1) is 6.20 Å². The normalized spacial score (nSPS) is 12.9. The minimum atomic E-state index is -4.35. The van der Waals surface area contributed by atoms with Crippen LogP contribution in [0.5, 0.6) is 0 Å². The van der Waals surface area contributed by atoms with Gasteiger partial charge in [0.2, 0.25) is 5.91 Å². The zero-order valence-electron chi connectivity index (χ0n) is 11.8. The summed E-state index contributed by atoms with van der Waals surface area (Å²) in [6.45, 7) is -1.14. The van der Waals surface area contributed by atoms with Gasteiger partial charge in [0.15, 0.2) is 0 Å². The second-order valence-corrected chi connectivity index (χ2v) is 5.35. The molecule has 124 valence electrons. The largest absolute Gasteiger partial charge is 0.408 e. The number of carbonyl (C=O) groups is 1. The van der Waals surface area contributed by atoms with E-state index in [-0.39, 0.29) is 6.54 Å². The van der Waals surface area contributed by atoms with E-state index in [4.69, 9.17) is 17.3 Å². The lowest BCUT2D eigenvalue weighted by atomic mass is 10.1. The van der Waals surface area contributed by atoms with Gasteiger partial charge in [-0.05, 0) is 17.7 Å². The third-order valence-corrected chi connectivity index (χ3v) is 3.22. The van der Waals surface area contributed by atoms with Gasteiger partial charge in [-0.1, -0.05) is 23.7 Å². The molecular weight excluding hydrogens is 333 g/mol. The van der Waals surface area contributed by atoms with Gasteiger partial charge in [0.25, 0.3) is 0 Å². The van der Waals surface area contributed by atoms with Crippen molar-refractivity contribution < 1.29 is 18.0 Å². The number of hydrogen-bond donors (Lipinski definition) is 2. The van der Waals surface area contributed by atoms with Gasteiger partial charge in [-0.15, -0.1) is 0 Å². The Morgan fingerprint density at radius 3 is 2.83 bits per heavy atom. The highest BCUT2D eigenvalue weighted by Gasteiger charge is 2.28. The zero-order chi connectivity index (χ0) is 17.0. The van der Waals surface area contributed by atoms with E-state index in [1.54, 1.807) is 24.3 Å². The summed E-state index contributed by atoms with van der Waals surface area (Å²) in [7, 11) is 0. The summed E-state index contributed by atoms with van der Waals surface area (Å²) in [5, 5.41) is 6.60. The molecule has 23 heavy (non-hydrogen) atoms. The summed E-state index contributed by atoms with van der Waals surface area (Å²) in [6, 6.07) is 5.65. The highest BCUT2D eigenvalue weighted by molar-refractivity contribution is 6.30. The Morgan fingerprint density at radius 1 is 1.43 bits per heavy atom. The molecule has 2 aromatic rings. The average Bonchev–Trinajstić information content (AvgIpc) is 2.89. The number of alkyl halides is 3. The average molecular weight is 347 g/mol. The maximum atomic E-state index is 12.2. The summed E-state index contributed by atoms with van der Waals surface area (Å²) < 4.78 is 37.5. The summed E-state index contributed by atoms with van der Waals surface area (Å²) in [5.74, 6) is -0.462. The molecular formula is C14H14ClF3N4O. The standard InChI is InChI=1S/C14H14ClF3N4O/c15-11-3-1-2-10(4-11)12(19)13(23)20-5-9-6-21-22(7-9)8-14(16,17)18/h1-4,6-7,12H,5,8,19H2,(H,20,23). The fourth-order valence-corrected chi connectivity index (χ4v) is 2.12. The smallest absolute Gasteiger partial charge is 0.350 e. The van der Waals surface area contributed by atoms with Crippen LogP contribution < -0.4 is 11.1 Å². The molecule has 1 unspecified atom stereocenters. The number of nitrogens with two attached hydrogens (primary N) is 1. The number of nitrogens with one attached hydrogen (secondary N) is 1. The van der Waals surface area contributed by atoms with E-state index < -0.39 is 24.7 Å². The van der Waals surface area contributed by atoms with Crippen molar-refractivity contribution in [2.24, 2.45) is 5.73 Å². The van der Waals surface area contributed by atoms with Crippen LogP contribution in [0.15, 0.2) is 36.7 Å². The maximum Gasteiger partial charge on any atom is 0.408 e. The predicted octanol–water partition coefficient (Wildman–Crippen LogP) is 2.42. The summed E-state index contributed by atoms with van der Waals surface area (Å²) >= 11 is 5.83. The van der Waals surface area contributed by atoms with E-state index in [0.29, 0.717) is 16.1 Å². The van der Waals surface area contributed by atoms with Crippen molar-refractivity contribution >= 4 is 17.5 Å². The lowest BCUT2D eigenvalue weighted by Crippen LogP contribution is -2.33. The molecule has 0 fully saturated rings. The molecule has 1 amide bonds. The number of carbonyl (C=O) groups excluding carboxylic acids is 1. The van der Waals surface area contributed by atoms with Crippen molar-refractivity contribution in [1.82, 2.24) is 15.1 Å². The van der Waals surface area contributed by atoms with E-state index in [9.17, 15) is 18.0 Å². The molecule has 3 N–H and O–H groups in total. The van der Waals surface area contributed by atoms with Crippen molar-refractivity contribution in [3.05, 3.63) is 52.8 Å². The van der Waals surface area contributed by atoms with Crippen molar-refractivity contribution in [1.29, 1.82) is 0 Å². The third kappa shape index (κ3) is 5.26. The van der Waals surface area contributed by atoms with Gasteiger partial charge < -0.3 is 11.1 Å². The maximum absolute atomic E-state index is 12.2. The van der Waals surface area contributed by atoms with Crippen molar-refractivity contribution in [3.63, 3.8) is 0 Å². The molecule has 1 atom stereocenters. The number of benzene rings is 1. The van der Waals surface area contributed by atoms with Crippen molar-refractivity contribution in [2.75, 3.05) is 0 Å². The summed E-state index contributed by atoms with van der Waals surface area (Å²) in [4.78, 5) is 12.0. The SMILES string of the molecule is NC(C(=O)NCc1cnn(CC(F)(F)F)c1)c1cccc(Cl)c1. The Kier molecular flexibility index (Phi) is 5.27. The van der Waals surface area contributed by atoms with Crippen LogP contribution in [-0.4, -0.2) is 21.9 Å². The molecule has 2 rings (SSSR count). The molecule has 0 aliphatic rings. The third-order valence-electron chi connectivity index (χ3n) is 2.99. The number of aromatic nitrogens is 2. The van der Waals surface area contributed by atoms with Gasteiger partial charge in [0, 0.05) is 23.3 Å². The minimum Gasteiger partial charge on any atom is -0.350 e. The molecule has 0 aliphatic heterocycles. The predicted molar refractivity (Wildman–Crippen MR) is 78.5 cm³/mol. The van der Waals surface area contributed by atoms with Crippen molar-refractivity contribution in [3.8, 4) is 0 Å². The molecule has 0 radical (unpaired) electrons. The number of halogens is 4. The Balaban J connectivity index is 1.91. The zero-order valence-corrected chi connectivity index (χ0v) is 12.6. The molecule has 1 aromatic carbocycles. The minimum absolute atomic E-state index is 0.0327. The topological polar surface area (TPSA) is 72.9 Å². The molecule has 9 heteroatoms. The molecule has 0 saturated carbocycles. The van der Waals surface area contributed by atoms with Crippen LogP contribution in [0.2, 0.25) is 5.02 Å². The van der Waals surface area contributed by atoms with Gasteiger partial charge in [0.1, 0.15) is 12.6 Å². The highest BCUT2D eigenvalue weighted by atomic mass is 35.5. The monoisotopic (exact) mass is 346 g/mol. The highest BCUT2D eigenvalue weighted by Crippen LogP contribution is 2.18. The lowest BCUT2D eigenvalue weighted by molar-refractivity contribution is -0.142. The molecule has 0 aliphatic carbocycles. The fraction of sp³-hybridized carbons (Fsp3) is 0.286. The molecule has 1 aromatic heterocycles. The summed E-state index contributed by atoms with van der Waals surface area (Å²) in [6.07, 6.45) is -1.86. The van der Waals surface area contributed by atoms with Crippen LogP contribution in [0.1, 0.15) is 17.2 Å². The Labute approximate surface area is 135 Å². The number of nitrogens with zero attached hydrogens (tertiary/aromatic N) is 2. The van der Waals surface area contributed by atoms with Crippen LogP contribution in [0, 0.1) is 0 Å². The van der Waals surface area contributed by atoms with Gasteiger partial charge in [-0.25, -0.2) is 0 Å². The molecule has 1 heterocycles. The molecule has 0 saturated heterocycles. The fourth-order valence-electron chi connectivity index (χ4n) is 1.92. The Hall–Kier alpha value is -2.06. The first kappa shape index (κ1) is 17.3. The number of rotatable bonds is 5. The van der Waals surface area contributed by atoms with Crippen LogP contribution in [0.4, 0.5) is 13.2 Å². The van der Waals surface area contributed by atoms with Crippen LogP contribution >= 0.6 is 11.6 Å². The molecule has 5 nitrogen and oxygen atoms in total. The van der Waals surface area contributed by atoms with E-state index in [0.717, 1.165) is 4.68 Å². The van der Waals surface area contributed by atoms with Crippen LogP contribution in [0.25, 0.3) is 0 Å². The van der Waals surface area contributed by atoms with Crippen LogP contribution in [0.3, 0.4) is 0 Å². The number of amides is 1. The van der Waals surface area contributed by atoms with E-state index >= 15 is 0 Å². The second-order valence-electron chi connectivity index (χ2n) is 4.91. The van der Waals surface area contributed by atoms with E-state index in [2.05, 4.69) is 10.4 Å². The first-order valence-electron chi connectivity index (χ1n) is 6.61. The van der Waals surface area contributed by atoms with Gasteiger partial charge >= 0.3 is 6.18 Å². The summed E-state index contributed by atoms with van der Waals surface area (Å²) in [5.41, 5.74) is 6.81. The molecule has 0 spiro atoms. The lowest BCUT2D eigenvalue weighted by Gasteiger charge is -2.12. The number of hydrogen-bond acceptors (Lipinski definition) is 3. The van der Waals surface area contributed by atoms with Gasteiger partial charge in [-0.3, -0.25) is 9.48 Å². The van der Waals surface area contributed by atoms with Crippen LogP contribution in [-0.2, 0) is 17.9 Å². The Morgan fingerprint density at radius 2 is 2.17 bits per heavy atom. The Bertz CT molecular complexity index is 687. The van der Waals surface area contributed by atoms with E-state index in [1.165, 1.54) is 12.4 Å². The molecule has 0 bridgehead atoms. The first-order valence-corrected chi connectivity index (χ1v) is 6.99. The van der Waals surface area contributed by atoms with E-state index in [1.807, 2.05) is 0 Å². The van der Waals surface area contributed by atoms with Gasteiger partial charge in [-0.2, -0.15) is 18.3 Å². The first-order chi connectivity index (χ1) is 10.7. The quantitative estimate of drug-likeness (QED) is 0.873. The van der Waals surface area contributed by atoms with Crippen molar-refractivity contribution in [2.45, 2.75) is 25.3 Å². The second kappa shape index (κ2) is 7.01.